The van der Waals surface area contributed by atoms with Crippen LogP contribution in [0.25, 0.3) is 32.9 Å². The van der Waals surface area contributed by atoms with Crippen LogP contribution in [0, 0.1) is 23.6 Å². The van der Waals surface area contributed by atoms with Crippen LogP contribution in [0.2, 0.25) is 0 Å². The molecule has 2 N–H and O–H groups in total. The molecular weight excluding hydrogens is 573 g/mol. The number of phenols is 1. The normalized spacial score (nSPS) is 25.7. The van der Waals surface area contributed by atoms with Gasteiger partial charge in [-0.2, -0.15) is 9.97 Å². The van der Waals surface area contributed by atoms with Gasteiger partial charge in [0.25, 0.3) is 0 Å². The average Bonchev–Trinajstić information content (AvgIpc) is 3.37. The number of likely N-dealkylation sites (tertiary alicyclic amines) is 1. The van der Waals surface area contributed by atoms with Gasteiger partial charge >= 0.3 is 6.01 Å². The van der Waals surface area contributed by atoms with Crippen molar-refractivity contribution in [3.8, 4) is 35.4 Å². The van der Waals surface area contributed by atoms with E-state index < -0.39 is 11.4 Å². The molecule has 2 aromatic heterocycles. The Morgan fingerprint density at radius 1 is 1.20 bits per heavy atom. The third-order valence-corrected chi connectivity index (χ3v) is 9.83. The minimum absolute atomic E-state index is 0.000348. The highest BCUT2D eigenvalue weighted by Crippen LogP contribution is 2.47. The lowest BCUT2D eigenvalue weighted by Crippen LogP contribution is -2.50. The molecule has 45 heavy (non-hydrogen) atoms. The number of aliphatic hydroxyl groups is 1. The van der Waals surface area contributed by atoms with Gasteiger partial charge in [0.2, 0.25) is 0 Å². The molecule has 4 aromatic rings. The van der Waals surface area contributed by atoms with Crippen LogP contribution in [0.15, 0.2) is 36.5 Å². The van der Waals surface area contributed by atoms with Crippen LogP contribution in [0.5, 0.6) is 11.8 Å². The van der Waals surface area contributed by atoms with Crippen molar-refractivity contribution in [1.29, 1.82) is 0 Å². The van der Waals surface area contributed by atoms with E-state index in [-0.39, 0.29) is 41.5 Å². The van der Waals surface area contributed by atoms with Gasteiger partial charge < -0.3 is 29.5 Å². The summed E-state index contributed by atoms with van der Waals surface area (Å²) in [6, 6.07) is 8.97. The summed E-state index contributed by atoms with van der Waals surface area (Å²) in [6.07, 6.45) is 12.9. The number of terminal acetylenes is 1. The minimum Gasteiger partial charge on any atom is -0.508 e. The summed E-state index contributed by atoms with van der Waals surface area (Å²) in [5, 5.41) is 23.2. The number of phenolic OH excluding ortho intramolecular Hbond substituents is 1. The third-order valence-electron chi connectivity index (χ3n) is 9.83. The van der Waals surface area contributed by atoms with E-state index in [0.29, 0.717) is 58.9 Å². The van der Waals surface area contributed by atoms with Gasteiger partial charge in [0.15, 0.2) is 5.82 Å². The fourth-order valence-electron chi connectivity index (χ4n) is 7.80. The van der Waals surface area contributed by atoms with E-state index in [2.05, 4.69) is 27.8 Å². The number of fused-ring (bicyclic) bond motifs is 3. The highest BCUT2D eigenvalue weighted by Gasteiger charge is 2.47. The summed E-state index contributed by atoms with van der Waals surface area (Å²) in [4.78, 5) is 18.4. The van der Waals surface area contributed by atoms with Crippen molar-refractivity contribution in [2.45, 2.75) is 50.7 Å². The highest BCUT2D eigenvalue weighted by atomic mass is 19.1. The first-order valence-corrected chi connectivity index (χ1v) is 15.7. The maximum atomic E-state index is 16.8. The quantitative estimate of drug-likeness (QED) is 0.305. The zero-order chi connectivity index (χ0) is 31.3. The number of hydrogen-bond donors (Lipinski definition) is 2. The number of anilines is 1. The Balaban J connectivity index is 1.38. The topological polar surface area (TPSA) is 104 Å². The van der Waals surface area contributed by atoms with Crippen molar-refractivity contribution in [2.24, 2.45) is 5.41 Å². The molecule has 10 heteroatoms. The molecule has 7 rings (SSSR count). The van der Waals surface area contributed by atoms with Gasteiger partial charge in [-0.25, -0.2) is 4.39 Å². The summed E-state index contributed by atoms with van der Waals surface area (Å²) in [7, 11) is 2.18. The highest BCUT2D eigenvalue weighted by molar-refractivity contribution is 6.02. The van der Waals surface area contributed by atoms with Crippen LogP contribution < -0.4 is 9.64 Å². The molecular formula is C35H38FN5O4. The van der Waals surface area contributed by atoms with Crippen LogP contribution in [-0.4, -0.2) is 88.2 Å². The summed E-state index contributed by atoms with van der Waals surface area (Å²) in [5.41, 5.74) is -0.165. The zero-order valence-electron chi connectivity index (χ0n) is 25.7. The molecule has 4 heterocycles. The van der Waals surface area contributed by atoms with E-state index in [0.717, 1.165) is 38.6 Å². The maximum absolute atomic E-state index is 16.8. The lowest BCUT2D eigenvalue weighted by atomic mass is 9.76. The van der Waals surface area contributed by atoms with Gasteiger partial charge in [0.05, 0.1) is 31.8 Å². The summed E-state index contributed by atoms with van der Waals surface area (Å²) >= 11 is 0. The fraction of sp³-hybridized carbons (Fsp3) is 0.457. The molecule has 1 aliphatic carbocycles. The number of benzene rings is 2. The van der Waals surface area contributed by atoms with E-state index in [4.69, 9.17) is 20.9 Å². The maximum Gasteiger partial charge on any atom is 0.319 e. The molecule has 3 unspecified atom stereocenters. The number of halogens is 1. The molecule has 3 fully saturated rings. The Hall–Kier alpha value is -4.04. The first-order chi connectivity index (χ1) is 21.7. The van der Waals surface area contributed by atoms with Crippen LogP contribution in [-0.2, 0) is 4.74 Å². The van der Waals surface area contributed by atoms with Gasteiger partial charge in [-0.15, -0.1) is 6.42 Å². The zero-order valence-corrected chi connectivity index (χ0v) is 25.7. The standard InChI is InChI=1S/C35H38FN5O4/c1-4-22-8-5-9-23-16-24(42)17-25(28(22)23)30-29(36)31-26(18-37-30)32(41-14-15-44-20-34(2,43)19-41)39-33(38-31)45-21-35-11-6-10-27(35)40(3)13-7-12-35/h1,5,8-9,16-18,27,42-43H,6-7,10-15,19-21H2,2-3H3. The lowest BCUT2D eigenvalue weighted by molar-refractivity contribution is -0.0123. The van der Waals surface area contributed by atoms with Crippen molar-refractivity contribution in [1.82, 2.24) is 19.9 Å². The molecule has 1 saturated carbocycles. The van der Waals surface area contributed by atoms with Crippen molar-refractivity contribution < 1.29 is 24.1 Å². The molecule has 0 amide bonds. The molecule has 9 nitrogen and oxygen atoms in total. The largest absolute Gasteiger partial charge is 0.508 e. The van der Waals surface area contributed by atoms with E-state index >= 15 is 4.39 Å². The number of ether oxygens (including phenoxy) is 2. The molecule has 2 saturated heterocycles. The average molecular weight is 612 g/mol. The second-order valence-electron chi connectivity index (χ2n) is 13.2. The Morgan fingerprint density at radius 2 is 2.04 bits per heavy atom. The predicted octanol–water partition coefficient (Wildman–Crippen LogP) is 4.90. The van der Waals surface area contributed by atoms with Gasteiger partial charge in [-0.05, 0) is 69.8 Å². The van der Waals surface area contributed by atoms with E-state index in [9.17, 15) is 10.2 Å². The summed E-state index contributed by atoms with van der Waals surface area (Å²) in [5.74, 6) is 2.39. The molecule has 0 radical (unpaired) electrons. The molecule has 0 bridgehead atoms. The fourth-order valence-corrected chi connectivity index (χ4v) is 7.80. The second-order valence-corrected chi connectivity index (χ2v) is 13.2. The number of nitrogens with zero attached hydrogens (tertiary/aromatic N) is 5. The SMILES string of the molecule is C#Cc1cccc2cc(O)cc(-c3ncc4c(N5CCOCC(C)(O)C5)nc(OCC56CCCC5N(C)CCC6)nc4c3F)c12. The summed E-state index contributed by atoms with van der Waals surface area (Å²) < 4.78 is 28.9. The molecule has 2 aliphatic heterocycles. The Labute approximate surface area is 262 Å². The first-order valence-electron chi connectivity index (χ1n) is 15.7. The molecule has 3 aliphatic rings. The van der Waals surface area contributed by atoms with Crippen molar-refractivity contribution >= 4 is 27.5 Å². The van der Waals surface area contributed by atoms with Crippen LogP contribution in [0.3, 0.4) is 0 Å². The van der Waals surface area contributed by atoms with Crippen molar-refractivity contribution in [3.63, 3.8) is 0 Å². The molecule has 3 atom stereocenters. The number of rotatable bonds is 5. The van der Waals surface area contributed by atoms with E-state index in [1.54, 1.807) is 31.3 Å². The number of β-amino-alcohol motifs (C(OH)–C–C–N with tert-alkyl or cyclic N) is 1. The second kappa shape index (κ2) is 11.4. The number of pyridine rings is 1. The van der Waals surface area contributed by atoms with Crippen LogP contribution in [0.4, 0.5) is 10.2 Å². The summed E-state index contributed by atoms with van der Waals surface area (Å²) in [6.45, 7) is 4.42. The Kier molecular flexibility index (Phi) is 7.51. The van der Waals surface area contributed by atoms with Crippen molar-refractivity contribution in [2.75, 3.05) is 51.4 Å². The Bertz CT molecular complexity index is 1820. The molecule has 2 aromatic carbocycles. The molecule has 0 spiro atoms. The van der Waals surface area contributed by atoms with E-state index in [1.807, 2.05) is 11.0 Å². The molecule has 234 valence electrons. The monoisotopic (exact) mass is 611 g/mol. The van der Waals surface area contributed by atoms with Gasteiger partial charge in [0, 0.05) is 40.7 Å². The smallest absolute Gasteiger partial charge is 0.319 e. The van der Waals surface area contributed by atoms with E-state index in [1.165, 1.54) is 6.07 Å². The first kappa shape index (κ1) is 29.7. The van der Waals surface area contributed by atoms with Gasteiger partial charge in [0.1, 0.15) is 28.4 Å². The van der Waals surface area contributed by atoms with Crippen LogP contribution >= 0.6 is 0 Å². The number of piperidine rings is 1. The number of aromatic nitrogens is 3. The number of hydrogen-bond acceptors (Lipinski definition) is 9. The third kappa shape index (κ3) is 5.33. The van der Waals surface area contributed by atoms with Crippen LogP contribution in [0.1, 0.15) is 44.6 Å². The minimum atomic E-state index is -1.14. The predicted molar refractivity (Wildman–Crippen MR) is 171 cm³/mol. The van der Waals surface area contributed by atoms with Crippen molar-refractivity contribution in [3.05, 3.63) is 47.9 Å². The van der Waals surface area contributed by atoms with Gasteiger partial charge in [-0.1, -0.05) is 24.5 Å². The lowest BCUT2D eigenvalue weighted by Gasteiger charge is -2.44. The Morgan fingerprint density at radius 3 is 2.89 bits per heavy atom. The number of aromatic hydroxyl groups is 1. The van der Waals surface area contributed by atoms with Gasteiger partial charge in [-0.3, -0.25) is 4.98 Å².